The molecule has 38 heavy (non-hydrogen) atoms. The van der Waals surface area contributed by atoms with Crippen LogP contribution in [0.3, 0.4) is 0 Å². The number of primary amides is 1. The standard InChI is InChI=1S/C26H48N2O9S/c1-2-3-4-5-6-7-8-9-10-11-12-13-14-15-16-17-18-28(21(26(33)34)19-24(30)31)23(29)20-22(25(27)32)38(35,36)37/h21-22H,2-20H2,1H3,(H2,27,32)(H,30,31)(H,33,34)(H,35,36,37). The Morgan fingerprint density at radius 1 is 0.711 bits per heavy atom. The molecule has 0 aromatic heterocycles. The third-order valence-corrected chi connectivity index (χ3v) is 7.76. The van der Waals surface area contributed by atoms with Crippen LogP contribution in [0.25, 0.3) is 0 Å². The maximum Gasteiger partial charge on any atom is 0.327 e. The van der Waals surface area contributed by atoms with E-state index in [1.54, 1.807) is 0 Å². The van der Waals surface area contributed by atoms with Crippen LogP contribution < -0.4 is 5.73 Å². The Kier molecular flexibility index (Phi) is 19.5. The van der Waals surface area contributed by atoms with E-state index in [9.17, 15) is 37.3 Å². The van der Waals surface area contributed by atoms with Gasteiger partial charge in [-0.05, 0) is 6.42 Å². The van der Waals surface area contributed by atoms with Crippen LogP contribution in [0.4, 0.5) is 0 Å². The average Bonchev–Trinajstić information content (AvgIpc) is 2.82. The molecule has 0 aromatic carbocycles. The van der Waals surface area contributed by atoms with Crippen LogP contribution in [0.5, 0.6) is 0 Å². The fourth-order valence-electron chi connectivity index (χ4n) is 4.41. The number of nitrogens with zero attached hydrogens (tertiary/aromatic N) is 1. The van der Waals surface area contributed by atoms with Crippen molar-refractivity contribution in [1.82, 2.24) is 4.90 Å². The van der Waals surface area contributed by atoms with Gasteiger partial charge in [-0.2, -0.15) is 8.42 Å². The first-order valence-electron chi connectivity index (χ1n) is 13.9. The number of carboxylic acids is 2. The van der Waals surface area contributed by atoms with Gasteiger partial charge in [0.25, 0.3) is 10.1 Å². The molecule has 0 aliphatic rings. The lowest BCUT2D eigenvalue weighted by atomic mass is 10.0. The van der Waals surface area contributed by atoms with Gasteiger partial charge >= 0.3 is 11.9 Å². The molecule has 11 nitrogen and oxygen atoms in total. The molecule has 0 rings (SSSR count). The van der Waals surface area contributed by atoms with Gasteiger partial charge in [0.1, 0.15) is 6.04 Å². The Morgan fingerprint density at radius 3 is 1.42 bits per heavy atom. The highest BCUT2D eigenvalue weighted by Crippen LogP contribution is 2.16. The Balaban J connectivity index is 4.47. The summed E-state index contributed by atoms with van der Waals surface area (Å²) in [5.74, 6) is -5.57. The monoisotopic (exact) mass is 564 g/mol. The summed E-state index contributed by atoms with van der Waals surface area (Å²) in [5, 5.41) is 16.3. The van der Waals surface area contributed by atoms with Crippen molar-refractivity contribution in [3.8, 4) is 0 Å². The van der Waals surface area contributed by atoms with Crippen molar-refractivity contribution in [2.45, 2.75) is 134 Å². The zero-order valence-electron chi connectivity index (χ0n) is 22.8. The molecule has 0 aliphatic carbocycles. The van der Waals surface area contributed by atoms with Gasteiger partial charge in [0, 0.05) is 6.54 Å². The summed E-state index contributed by atoms with van der Waals surface area (Å²) in [6, 6.07) is -1.74. The maximum atomic E-state index is 12.7. The van der Waals surface area contributed by atoms with Crippen LogP contribution in [0, 0.1) is 0 Å². The fourth-order valence-corrected chi connectivity index (χ4v) is 5.06. The molecule has 0 saturated heterocycles. The number of carboxylic acid groups (broad SMARTS) is 2. The Hall–Kier alpha value is -2.21. The third-order valence-electron chi connectivity index (χ3n) is 6.64. The van der Waals surface area contributed by atoms with Gasteiger partial charge in [-0.25, -0.2) is 4.79 Å². The van der Waals surface area contributed by atoms with E-state index in [1.807, 2.05) is 0 Å². The zero-order chi connectivity index (χ0) is 29.0. The minimum Gasteiger partial charge on any atom is -0.481 e. The number of hydrogen-bond acceptors (Lipinski definition) is 6. The first-order chi connectivity index (χ1) is 17.9. The lowest BCUT2D eigenvalue weighted by Crippen LogP contribution is -2.49. The molecular formula is C26H48N2O9S. The second-order valence-electron chi connectivity index (χ2n) is 9.95. The van der Waals surface area contributed by atoms with Crippen LogP contribution in [0.15, 0.2) is 0 Å². The highest BCUT2D eigenvalue weighted by molar-refractivity contribution is 7.87. The summed E-state index contributed by atoms with van der Waals surface area (Å²) in [5.41, 5.74) is 4.97. The second kappa shape index (κ2) is 20.7. The molecule has 222 valence electrons. The van der Waals surface area contributed by atoms with Crippen molar-refractivity contribution in [3.05, 3.63) is 0 Å². The third kappa shape index (κ3) is 17.3. The summed E-state index contributed by atoms with van der Waals surface area (Å²) in [7, 11) is -5.00. The van der Waals surface area contributed by atoms with Gasteiger partial charge in [-0.15, -0.1) is 0 Å². The predicted molar refractivity (Wildman–Crippen MR) is 144 cm³/mol. The molecule has 0 aliphatic heterocycles. The van der Waals surface area contributed by atoms with Crippen molar-refractivity contribution in [2.24, 2.45) is 5.73 Å². The zero-order valence-corrected chi connectivity index (χ0v) is 23.6. The Bertz CT molecular complexity index is 818. The number of carbonyl (C=O) groups excluding carboxylic acids is 2. The summed E-state index contributed by atoms with van der Waals surface area (Å²) in [4.78, 5) is 47.7. The second-order valence-corrected chi connectivity index (χ2v) is 11.6. The first kappa shape index (κ1) is 35.8. The highest BCUT2D eigenvalue weighted by Gasteiger charge is 2.37. The van der Waals surface area contributed by atoms with Crippen LogP contribution >= 0.6 is 0 Å². The van der Waals surface area contributed by atoms with Gasteiger partial charge in [0.2, 0.25) is 11.8 Å². The van der Waals surface area contributed by atoms with E-state index in [1.165, 1.54) is 64.2 Å². The summed E-state index contributed by atoms with van der Waals surface area (Å²) in [6.45, 7) is 2.10. The van der Waals surface area contributed by atoms with Gasteiger partial charge in [-0.3, -0.25) is 18.9 Å². The van der Waals surface area contributed by atoms with Crippen molar-refractivity contribution in [3.63, 3.8) is 0 Å². The van der Waals surface area contributed by atoms with E-state index < -0.39 is 58.0 Å². The van der Waals surface area contributed by atoms with Crippen LogP contribution in [-0.2, 0) is 29.3 Å². The number of aliphatic carboxylic acids is 2. The first-order valence-corrected chi connectivity index (χ1v) is 15.4. The molecule has 0 aromatic rings. The largest absolute Gasteiger partial charge is 0.481 e. The average molecular weight is 565 g/mol. The SMILES string of the molecule is CCCCCCCCCCCCCCCCCCN(C(=O)CC(C(N)=O)S(=O)(=O)O)C(CC(=O)O)C(=O)O. The molecule has 0 bridgehead atoms. The predicted octanol–water partition coefficient (Wildman–Crippen LogP) is 4.14. The minimum absolute atomic E-state index is 0.127. The summed E-state index contributed by atoms with van der Waals surface area (Å²) >= 11 is 0. The molecular weight excluding hydrogens is 516 g/mol. The Morgan fingerprint density at radius 2 is 1.11 bits per heavy atom. The Labute approximate surface area is 227 Å². The van der Waals surface area contributed by atoms with E-state index in [2.05, 4.69) is 6.92 Å². The molecule has 2 unspecified atom stereocenters. The van der Waals surface area contributed by atoms with Crippen molar-refractivity contribution < 1.29 is 42.4 Å². The smallest absolute Gasteiger partial charge is 0.327 e. The normalized spacial score (nSPS) is 13.1. The van der Waals surface area contributed by atoms with Crippen molar-refractivity contribution >= 4 is 33.9 Å². The molecule has 0 spiro atoms. The molecule has 2 amide bonds. The van der Waals surface area contributed by atoms with Gasteiger partial charge in [0.15, 0.2) is 5.25 Å². The summed E-state index contributed by atoms with van der Waals surface area (Å²) in [6.07, 6.45) is 16.1. The highest BCUT2D eigenvalue weighted by atomic mass is 32.2. The molecule has 5 N–H and O–H groups in total. The molecule has 12 heteroatoms. The minimum atomic E-state index is -5.00. The number of nitrogens with two attached hydrogens (primary N) is 1. The number of rotatable bonds is 25. The molecule has 0 saturated carbocycles. The van der Waals surface area contributed by atoms with E-state index in [0.29, 0.717) is 12.8 Å². The van der Waals surface area contributed by atoms with E-state index in [-0.39, 0.29) is 6.54 Å². The molecule has 0 fully saturated rings. The quantitative estimate of drug-likeness (QED) is 0.0931. The molecule has 0 heterocycles. The van der Waals surface area contributed by atoms with Crippen LogP contribution in [0.1, 0.15) is 122 Å². The van der Waals surface area contributed by atoms with E-state index in [0.717, 1.165) is 30.6 Å². The number of amides is 2. The van der Waals surface area contributed by atoms with Gasteiger partial charge < -0.3 is 20.8 Å². The van der Waals surface area contributed by atoms with Gasteiger partial charge in [-0.1, -0.05) is 103 Å². The van der Waals surface area contributed by atoms with Gasteiger partial charge in [0.05, 0.1) is 12.8 Å². The maximum absolute atomic E-state index is 12.7. The van der Waals surface area contributed by atoms with Crippen LogP contribution in [0.2, 0.25) is 0 Å². The molecule has 0 radical (unpaired) electrons. The number of hydrogen-bond donors (Lipinski definition) is 4. The number of carbonyl (C=O) groups is 4. The lowest BCUT2D eigenvalue weighted by molar-refractivity contribution is -0.154. The van der Waals surface area contributed by atoms with Crippen molar-refractivity contribution in [2.75, 3.05) is 6.54 Å². The summed E-state index contributed by atoms with van der Waals surface area (Å²) < 4.78 is 32.0. The molecule has 2 atom stereocenters. The van der Waals surface area contributed by atoms with Crippen molar-refractivity contribution in [1.29, 1.82) is 0 Å². The van der Waals surface area contributed by atoms with Crippen LogP contribution in [-0.4, -0.2) is 69.7 Å². The van der Waals surface area contributed by atoms with E-state index >= 15 is 0 Å². The number of unbranched alkanes of at least 4 members (excludes halogenated alkanes) is 15. The lowest BCUT2D eigenvalue weighted by Gasteiger charge is -2.29. The topological polar surface area (TPSA) is 192 Å². The van der Waals surface area contributed by atoms with E-state index in [4.69, 9.17) is 10.8 Å². The fraction of sp³-hybridized carbons (Fsp3) is 0.846.